The number of aryl methyl sites for hydroxylation is 1. The second-order valence-corrected chi connectivity index (χ2v) is 3.80. The van der Waals surface area contributed by atoms with Crippen molar-refractivity contribution < 1.29 is 0 Å². The molecule has 0 saturated carbocycles. The number of hydrogen-bond donors (Lipinski definition) is 1. The molecule has 0 saturated heterocycles. The number of rotatable bonds is 3. The summed E-state index contributed by atoms with van der Waals surface area (Å²) < 4.78 is 0. The van der Waals surface area contributed by atoms with Crippen LogP contribution in [0.5, 0.6) is 0 Å². The quantitative estimate of drug-likeness (QED) is 0.592. The minimum atomic E-state index is 0.650. The van der Waals surface area contributed by atoms with E-state index < -0.39 is 0 Å². The third-order valence-electron chi connectivity index (χ3n) is 2.42. The molecule has 0 heterocycles. The molecule has 3 heteroatoms. The smallest absolute Gasteiger partial charge is 0.0850 e. The molecule has 84 valence electrons. The summed E-state index contributed by atoms with van der Waals surface area (Å²) >= 11 is 0. The van der Waals surface area contributed by atoms with Gasteiger partial charge in [0.25, 0.3) is 0 Å². The van der Waals surface area contributed by atoms with E-state index in [1.165, 1.54) is 5.56 Å². The van der Waals surface area contributed by atoms with Gasteiger partial charge in [0.15, 0.2) is 0 Å². The Morgan fingerprint density at radius 2 is 1.47 bits per heavy atom. The second kappa shape index (κ2) is 5.16. The van der Waals surface area contributed by atoms with Gasteiger partial charge in [-0.3, -0.25) is 4.99 Å². The van der Waals surface area contributed by atoms with Gasteiger partial charge < -0.3 is 0 Å². The maximum absolute atomic E-state index is 6.86. The van der Waals surface area contributed by atoms with Gasteiger partial charge in [0.05, 0.1) is 11.4 Å². The zero-order valence-corrected chi connectivity index (χ0v) is 9.59. The van der Waals surface area contributed by atoms with Gasteiger partial charge >= 0.3 is 0 Å². The first-order valence-corrected chi connectivity index (χ1v) is 5.36. The number of nitrogens with zero attached hydrogens (tertiary/aromatic N) is 2. The van der Waals surface area contributed by atoms with Crippen molar-refractivity contribution in [3.63, 3.8) is 0 Å². The molecule has 0 aliphatic carbocycles. The van der Waals surface area contributed by atoms with E-state index in [2.05, 4.69) is 17.0 Å². The van der Waals surface area contributed by atoms with Crippen molar-refractivity contribution in [2.24, 2.45) is 10.1 Å². The molecule has 1 N–H and O–H groups in total. The molecule has 0 spiro atoms. The van der Waals surface area contributed by atoms with E-state index in [1.807, 2.05) is 36.4 Å². The molecular weight excluding hydrogens is 210 g/mol. The maximum Gasteiger partial charge on any atom is 0.0850 e. The van der Waals surface area contributed by atoms with Crippen molar-refractivity contribution >= 4 is 17.6 Å². The van der Waals surface area contributed by atoms with Crippen LogP contribution in [0.2, 0.25) is 0 Å². The molecule has 0 aliphatic rings. The molecule has 0 fully saturated rings. The first-order chi connectivity index (χ1) is 8.28. The summed E-state index contributed by atoms with van der Waals surface area (Å²) in [6, 6.07) is 15.4. The van der Waals surface area contributed by atoms with Crippen molar-refractivity contribution in [1.82, 2.24) is 0 Å². The van der Waals surface area contributed by atoms with Crippen molar-refractivity contribution in [3.8, 4) is 0 Å². The molecule has 0 bridgehead atoms. The second-order valence-electron chi connectivity index (χ2n) is 3.80. The molecule has 0 atom stereocenters. The third-order valence-corrected chi connectivity index (χ3v) is 2.42. The lowest BCUT2D eigenvalue weighted by atomic mass is 10.2. The fourth-order valence-corrected chi connectivity index (χ4v) is 1.41. The van der Waals surface area contributed by atoms with Gasteiger partial charge in [-0.05, 0) is 36.8 Å². The molecular formula is C14H13N3. The van der Waals surface area contributed by atoms with Crippen LogP contribution in [-0.4, -0.2) is 6.21 Å². The number of aliphatic imine (C=N–C) groups is 1. The van der Waals surface area contributed by atoms with Crippen molar-refractivity contribution in [1.29, 1.82) is 5.53 Å². The standard InChI is InChI=1S/C14H13N3/c1-11-2-6-13(7-3-11)16-10-12-4-8-14(17-15)9-5-12/h2-10,15H,1H3. The first kappa shape index (κ1) is 11.2. The molecule has 0 unspecified atom stereocenters. The highest BCUT2D eigenvalue weighted by Crippen LogP contribution is 2.14. The van der Waals surface area contributed by atoms with Crippen LogP contribution in [0.25, 0.3) is 0 Å². The van der Waals surface area contributed by atoms with Gasteiger partial charge in [-0.2, -0.15) is 5.11 Å². The van der Waals surface area contributed by atoms with Crippen molar-refractivity contribution in [2.45, 2.75) is 6.92 Å². The molecule has 2 aromatic rings. The van der Waals surface area contributed by atoms with Crippen molar-refractivity contribution in [3.05, 3.63) is 59.7 Å². The van der Waals surface area contributed by atoms with Gasteiger partial charge in [0.2, 0.25) is 0 Å². The summed E-state index contributed by atoms with van der Waals surface area (Å²) in [6.45, 7) is 2.05. The van der Waals surface area contributed by atoms with Crippen molar-refractivity contribution in [2.75, 3.05) is 0 Å². The molecule has 3 nitrogen and oxygen atoms in total. The van der Waals surface area contributed by atoms with Crippen LogP contribution in [0.15, 0.2) is 58.6 Å². The Bertz CT molecular complexity index is 524. The highest BCUT2D eigenvalue weighted by atomic mass is 14.9. The van der Waals surface area contributed by atoms with Gasteiger partial charge in [0, 0.05) is 6.21 Å². The predicted molar refractivity (Wildman–Crippen MR) is 69.7 cm³/mol. The van der Waals surface area contributed by atoms with E-state index >= 15 is 0 Å². The molecule has 2 rings (SSSR count). The molecule has 0 amide bonds. The monoisotopic (exact) mass is 223 g/mol. The number of benzene rings is 2. The Kier molecular flexibility index (Phi) is 3.40. The Morgan fingerprint density at radius 1 is 0.882 bits per heavy atom. The van der Waals surface area contributed by atoms with Crippen LogP contribution in [0, 0.1) is 12.5 Å². The normalized spacial score (nSPS) is 10.6. The minimum Gasteiger partial charge on any atom is -0.256 e. The highest BCUT2D eigenvalue weighted by molar-refractivity contribution is 5.82. The Hall–Kier alpha value is -2.29. The average molecular weight is 223 g/mol. The minimum absolute atomic E-state index is 0.650. The maximum atomic E-state index is 6.86. The zero-order valence-electron chi connectivity index (χ0n) is 9.59. The van der Waals surface area contributed by atoms with E-state index in [0.717, 1.165) is 11.3 Å². The van der Waals surface area contributed by atoms with E-state index in [-0.39, 0.29) is 0 Å². The fraction of sp³-hybridized carbons (Fsp3) is 0.0714. The molecule has 2 aromatic carbocycles. The Labute approximate surface area is 100 Å². The summed E-state index contributed by atoms with van der Waals surface area (Å²) in [5.41, 5.74) is 10.7. The lowest BCUT2D eigenvalue weighted by molar-refractivity contribution is 1.15. The van der Waals surface area contributed by atoms with E-state index in [1.54, 1.807) is 18.3 Å². The largest absolute Gasteiger partial charge is 0.256 e. The molecule has 17 heavy (non-hydrogen) atoms. The summed E-state index contributed by atoms with van der Waals surface area (Å²) in [6.07, 6.45) is 1.80. The number of hydrogen-bond acceptors (Lipinski definition) is 3. The predicted octanol–water partition coefficient (Wildman–Crippen LogP) is 4.41. The lowest BCUT2D eigenvalue weighted by Gasteiger charge is -1.96. The summed E-state index contributed by atoms with van der Waals surface area (Å²) in [4.78, 5) is 4.37. The summed E-state index contributed by atoms with van der Waals surface area (Å²) in [7, 11) is 0. The van der Waals surface area contributed by atoms with Gasteiger partial charge in [-0.15, -0.1) is 0 Å². The third kappa shape index (κ3) is 3.08. The summed E-state index contributed by atoms with van der Waals surface area (Å²) in [5, 5.41) is 3.35. The molecule has 0 aliphatic heterocycles. The average Bonchev–Trinajstić information content (AvgIpc) is 2.39. The summed E-state index contributed by atoms with van der Waals surface area (Å²) in [5.74, 6) is 0. The van der Waals surface area contributed by atoms with E-state index in [0.29, 0.717) is 5.69 Å². The zero-order chi connectivity index (χ0) is 12.1. The first-order valence-electron chi connectivity index (χ1n) is 5.36. The van der Waals surface area contributed by atoms with Crippen LogP contribution in [0.1, 0.15) is 11.1 Å². The molecule has 0 aromatic heterocycles. The van der Waals surface area contributed by atoms with Gasteiger partial charge in [0.1, 0.15) is 0 Å². The molecule has 0 radical (unpaired) electrons. The van der Waals surface area contributed by atoms with Gasteiger partial charge in [-0.25, -0.2) is 5.53 Å². The fourth-order valence-electron chi connectivity index (χ4n) is 1.41. The van der Waals surface area contributed by atoms with Crippen LogP contribution in [0.3, 0.4) is 0 Å². The van der Waals surface area contributed by atoms with E-state index in [4.69, 9.17) is 5.53 Å². The Morgan fingerprint density at radius 3 is 2.06 bits per heavy atom. The van der Waals surface area contributed by atoms with Crippen LogP contribution < -0.4 is 0 Å². The topological polar surface area (TPSA) is 48.6 Å². The highest BCUT2D eigenvalue weighted by Gasteiger charge is 1.91. The lowest BCUT2D eigenvalue weighted by Crippen LogP contribution is -1.78. The SMILES string of the molecule is Cc1ccc(N=Cc2ccc(N=N)cc2)cc1. The van der Waals surface area contributed by atoms with Gasteiger partial charge in [-0.1, -0.05) is 29.8 Å². The Balaban J connectivity index is 2.14. The number of nitrogens with one attached hydrogen (secondary N) is 1. The van der Waals surface area contributed by atoms with E-state index in [9.17, 15) is 0 Å². The van der Waals surface area contributed by atoms with Crippen LogP contribution in [0.4, 0.5) is 11.4 Å². The van der Waals surface area contributed by atoms with Crippen LogP contribution in [-0.2, 0) is 0 Å². The van der Waals surface area contributed by atoms with Crippen LogP contribution >= 0.6 is 0 Å².